The Morgan fingerprint density at radius 1 is 1.10 bits per heavy atom. The number of fused-ring (bicyclic) bond motifs is 1. The number of thioether (sulfide) groups is 1. The highest BCUT2D eigenvalue weighted by Gasteiger charge is 2.07. The number of rotatable bonds is 5. The normalized spacial score (nSPS) is 10.7. The van der Waals surface area contributed by atoms with Crippen LogP contribution >= 0.6 is 11.8 Å². The van der Waals surface area contributed by atoms with E-state index < -0.39 is 0 Å². The Morgan fingerprint density at radius 2 is 1.95 bits per heavy atom. The lowest BCUT2D eigenvalue weighted by Gasteiger charge is -2.08. The third-order valence-electron chi connectivity index (χ3n) is 2.94. The van der Waals surface area contributed by atoms with Crippen LogP contribution in [0.3, 0.4) is 0 Å². The van der Waals surface area contributed by atoms with E-state index in [1.165, 1.54) is 11.9 Å². The standard InChI is InChI=1S/C15H15N5S/c1-2-21-15-17-9-12-13(18-10-19-14(12)20-15)16-8-11-6-4-3-5-7-11/h3-7,9-10H,2,8H2,1H3,(H,16,17,18,19,20). The summed E-state index contributed by atoms with van der Waals surface area (Å²) in [6.45, 7) is 2.78. The minimum atomic E-state index is 0.673. The second-order valence-corrected chi connectivity index (χ2v) is 5.62. The van der Waals surface area contributed by atoms with Crippen LogP contribution < -0.4 is 5.32 Å². The van der Waals surface area contributed by atoms with E-state index >= 15 is 0 Å². The van der Waals surface area contributed by atoms with Gasteiger partial charge in [0.25, 0.3) is 0 Å². The molecule has 0 aliphatic heterocycles. The zero-order chi connectivity index (χ0) is 14.5. The van der Waals surface area contributed by atoms with E-state index in [0.29, 0.717) is 12.2 Å². The summed E-state index contributed by atoms with van der Waals surface area (Å²) in [6.07, 6.45) is 3.32. The number of aromatic nitrogens is 4. The second-order valence-electron chi connectivity index (χ2n) is 4.38. The Balaban J connectivity index is 1.85. The molecule has 0 saturated heterocycles. The van der Waals surface area contributed by atoms with E-state index in [0.717, 1.165) is 22.1 Å². The number of nitrogens with zero attached hydrogens (tertiary/aromatic N) is 4. The van der Waals surface area contributed by atoms with Crippen molar-refractivity contribution in [1.29, 1.82) is 0 Å². The van der Waals surface area contributed by atoms with E-state index in [-0.39, 0.29) is 0 Å². The van der Waals surface area contributed by atoms with Crippen molar-refractivity contribution in [3.63, 3.8) is 0 Å². The van der Waals surface area contributed by atoms with Crippen LogP contribution in [0, 0.1) is 0 Å². The van der Waals surface area contributed by atoms with Gasteiger partial charge in [0, 0.05) is 12.7 Å². The van der Waals surface area contributed by atoms with Gasteiger partial charge in [-0.1, -0.05) is 49.0 Å². The monoisotopic (exact) mass is 297 g/mol. The topological polar surface area (TPSA) is 63.6 Å². The zero-order valence-electron chi connectivity index (χ0n) is 11.7. The molecule has 2 aromatic heterocycles. The first kappa shape index (κ1) is 13.8. The number of nitrogens with one attached hydrogen (secondary N) is 1. The molecule has 6 heteroatoms. The maximum atomic E-state index is 4.44. The molecule has 0 amide bonds. The highest BCUT2D eigenvalue weighted by molar-refractivity contribution is 7.99. The van der Waals surface area contributed by atoms with Crippen LogP contribution in [0.4, 0.5) is 5.82 Å². The van der Waals surface area contributed by atoms with Gasteiger partial charge in [0.2, 0.25) is 0 Å². The number of hydrogen-bond donors (Lipinski definition) is 1. The smallest absolute Gasteiger partial charge is 0.189 e. The van der Waals surface area contributed by atoms with E-state index in [1.54, 1.807) is 18.0 Å². The molecule has 2 heterocycles. The highest BCUT2D eigenvalue weighted by atomic mass is 32.2. The molecule has 0 bridgehead atoms. The number of benzene rings is 1. The quantitative estimate of drug-likeness (QED) is 0.576. The van der Waals surface area contributed by atoms with Crippen LogP contribution in [0.5, 0.6) is 0 Å². The van der Waals surface area contributed by atoms with Gasteiger partial charge in [-0.25, -0.2) is 19.9 Å². The molecule has 5 nitrogen and oxygen atoms in total. The van der Waals surface area contributed by atoms with Gasteiger partial charge in [-0.2, -0.15) is 0 Å². The lowest BCUT2D eigenvalue weighted by Crippen LogP contribution is -2.03. The molecule has 1 aromatic carbocycles. The zero-order valence-corrected chi connectivity index (χ0v) is 12.5. The van der Waals surface area contributed by atoms with Crippen LogP contribution in [-0.4, -0.2) is 25.7 Å². The van der Waals surface area contributed by atoms with Crippen molar-refractivity contribution in [2.24, 2.45) is 0 Å². The molecule has 3 rings (SSSR count). The first-order chi connectivity index (χ1) is 10.4. The van der Waals surface area contributed by atoms with Crippen LogP contribution in [-0.2, 0) is 6.54 Å². The highest BCUT2D eigenvalue weighted by Crippen LogP contribution is 2.20. The maximum absolute atomic E-state index is 4.44. The van der Waals surface area contributed by atoms with Gasteiger partial charge in [0.15, 0.2) is 10.8 Å². The SMILES string of the molecule is CCSc1ncc2c(NCc3ccccc3)ncnc2n1. The minimum Gasteiger partial charge on any atom is -0.365 e. The van der Waals surface area contributed by atoms with Gasteiger partial charge in [0.1, 0.15) is 12.1 Å². The van der Waals surface area contributed by atoms with Crippen molar-refractivity contribution in [3.05, 3.63) is 48.4 Å². The Labute approximate surface area is 127 Å². The molecule has 0 spiro atoms. The minimum absolute atomic E-state index is 0.673. The van der Waals surface area contributed by atoms with Crippen molar-refractivity contribution in [2.45, 2.75) is 18.6 Å². The molecule has 0 aliphatic carbocycles. The first-order valence-electron chi connectivity index (χ1n) is 6.75. The number of anilines is 1. The molecule has 0 radical (unpaired) electrons. The molecule has 1 N–H and O–H groups in total. The summed E-state index contributed by atoms with van der Waals surface area (Å²) in [7, 11) is 0. The fourth-order valence-corrected chi connectivity index (χ4v) is 2.49. The van der Waals surface area contributed by atoms with Crippen molar-refractivity contribution in [3.8, 4) is 0 Å². The van der Waals surface area contributed by atoms with E-state index in [2.05, 4.69) is 44.3 Å². The van der Waals surface area contributed by atoms with Gasteiger partial charge in [-0.3, -0.25) is 0 Å². The van der Waals surface area contributed by atoms with Crippen molar-refractivity contribution in [1.82, 2.24) is 19.9 Å². The van der Waals surface area contributed by atoms with Gasteiger partial charge >= 0.3 is 0 Å². The lowest BCUT2D eigenvalue weighted by atomic mass is 10.2. The van der Waals surface area contributed by atoms with Crippen LogP contribution in [0.1, 0.15) is 12.5 Å². The summed E-state index contributed by atoms with van der Waals surface area (Å²) in [5, 5.41) is 4.91. The molecular weight excluding hydrogens is 282 g/mol. The summed E-state index contributed by atoms with van der Waals surface area (Å²) in [4.78, 5) is 17.3. The van der Waals surface area contributed by atoms with E-state index in [1.807, 2.05) is 18.2 Å². The van der Waals surface area contributed by atoms with Gasteiger partial charge in [0.05, 0.1) is 5.39 Å². The molecule has 3 aromatic rings. The summed E-state index contributed by atoms with van der Waals surface area (Å²) >= 11 is 1.60. The predicted molar refractivity (Wildman–Crippen MR) is 85.3 cm³/mol. The van der Waals surface area contributed by atoms with Crippen molar-refractivity contribution >= 4 is 28.6 Å². The molecular formula is C15H15N5S. The molecule has 0 atom stereocenters. The summed E-state index contributed by atoms with van der Waals surface area (Å²) in [5.74, 6) is 1.70. The fourth-order valence-electron chi connectivity index (χ4n) is 1.95. The predicted octanol–water partition coefficient (Wildman–Crippen LogP) is 3.14. The molecule has 21 heavy (non-hydrogen) atoms. The van der Waals surface area contributed by atoms with Crippen molar-refractivity contribution in [2.75, 3.05) is 11.1 Å². The first-order valence-corrected chi connectivity index (χ1v) is 7.73. The third kappa shape index (κ3) is 3.28. The maximum Gasteiger partial charge on any atom is 0.189 e. The largest absolute Gasteiger partial charge is 0.365 e. The molecule has 106 valence electrons. The Kier molecular flexibility index (Phi) is 4.25. The van der Waals surface area contributed by atoms with Crippen LogP contribution in [0.25, 0.3) is 11.0 Å². The molecule has 0 unspecified atom stereocenters. The average Bonchev–Trinajstić information content (AvgIpc) is 2.54. The average molecular weight is 297 g/mol. The van der Waals surface area contributed by atoms with Gasteiger partial charge < -0.3 is 5.32 Å². The molecule has 0 fully saturated rings. The summed E-state index contributed by atoms with van der Waals surface area (Å²) in [5.41, 5.74) is 1.87. The Morgan fingerprint density at radius 3 is 2.76 bits per heavy atom. The Hall–Kier alpha value is -2.21. The summed E-state index contributed by atoms with van der Waals surface area (Å²) in [6, 6.07) is 10.2. The van der Waals surface area contributed by atoms with Gasteiger partial charge in [-0.15, -0.1) is 0 Å². The lowest BCUT2D eigenvalue weighted by molar-refractivity contribution is 0.978. The molecule has 0 aliphatic rings. The van der Waals surface area contributed by atoms with Crippen molar-refractivity contribution < 1.29 is 0 Å². The summed E-state index contributed by atoms with van der Waals surface area (Å²) < 4.78 is 0. The second kappa shape index (κ2) is 6.49. The van der Waals surface area contributed by atoms with Gasteiger partial charge in [-0.05, 0) is 11.3 Å². The van der Waals surface area contributed by atoms with E-state index in [4.69, 9.17) is 0 Å². The molecule has 0 saturated carbocycles. The van der Waals surface area contributed by atoms with Crippen LogP contribution in [0.2, 0.25) is 0 Å². The van der Waals surface area contributed by atoms with E-state index in [9.17, 15) is 0 Å². The Bertz CT molecular complexity index is 732. The fraction of sp³-hybridized carbons (Fsp3) is 0.200. The van der Waals surface area contributed by atoms with Crippen LogP contribution in [0.15, 0.2) is 48.0 Å². The number of hydrogen-bond acceptors (Lipinski definition) is 6. The third-order valence-corrected chi connectivity index (χ3v) is 3.69.